The summed E-state index contributed by atoms with van der Waals surface area (Å²) in [6, 6.07) is 0.294. The fourth-order valence-corrected chi connectivity index (χ4v) is 1.98. The van der Waals surface area contributed by atoms with Crippen LogP contribution >= 0.6 is 0 Å². The molecule has 0 aliphatic carbocycles. The molecule has 0 radical (unpaired) electrons. The lowest BCUT2D eigenvalue weighted by molar-refractivity contribution is -0.123. The normalized spacial score (nSPS) is 25.4. The second-order valence-corrected chi connectivity index (χ2v) is 4.63. The minimum absolute atomic E-state index is 0.108. The minimum Gasteiger partial charge on any atom is -0.381 e. The number of hydrogen-bond acceptors (Lipinski definition) is 3. The quantitative estimate of drug-likeness (QED) is 0.665. The van der Waals surface area contributed by atoms with Gasteiger partial charge in [0, 0.05) is 25.6 Å². The Morgan fingerprint density at radius 3 is 2.94 bits per heavy atom. The Hall–Kier alpha value is -0.610. The van der Waals surface area contributed by atoms with Crippen molar-refractivity contribution in [3.05, 3.63) is 0 Å². The molecular weight excluding hydrogens is 204 g/mol. The fourth-order valence-electron chi connectivity index (χ4n) is 1.98. The second kappa shape index (κ2) is 7.63. The van der Waals surface area contributed by atoms with E-state index in [0.717, 1.165) is 32.5 Å². The van der Waals surface area contributed by atoms with E-state index in [2.05, 4.69) is 24.5 Å². The van der Waals surface area contributed by atoms with Crippen LogP contribution in [-0.4, -0.2) is 38.3 Å². The molecule has 0 aromatic rings. The van der Waals surface area contributed by atoms with Crippen LogP contribution in [0.15, 0.2) is 0 Å². The first-order valence-corrected chi connectivity index (χ1v) is 6.30. The molecule has 2 N–H and O–H groups in total. The lowest BCUT2D eigenvalue weighted by Crippen LogP contribution is -2.48. The zero-order valence-electron chi connectivity index (χ0n) is 10.4. The molecule has 2 unspecified atom stereocenters. The largest absolute Gasteiger partial charge is 0.381 e. The van der Waals surface area contributed by atoms with Crippen molar-refractivity contribution in [2.24, 2.45) is 5.92 Å². The predicted molar refractivity (Wildman–Crippen MR) is 64.3 cm³/mol. The monoisotopic (exact) mass is 228 g/mol. The van der Waals surface area contributed by atoms with Crippen molar-refractivity contribution in [1.29, 1.82) is 0 Å². The maximum Gasteiger partial charge on any atom is 0.222 e. The van der Waals surface area contributed by atoms with Gasteiger partial charge in [0.05, 0.1) is 6.61 Å². The van der Waals surface area contributed by atoms with E-state index in [1.54, 1.807) is 0 Å². The van der Waals surface area contributed by atoms with Gasteiger partial charge in [0.1, 0.15) is 0 Å². The molecule has 4 nitrogen and oxygen atoms in total. The maximum atomic E-state index is 11.6. The molecule has 16 heavy (non-hydrogen) atoms. The molecule has 2 atom stereocenters. The van der Waals surface area contributed by atoms with E-state index >= 15 is 0 Å². The predicted octanol–water partition coefficient (Wildman–Crippen LogP) is 0.917. The van der Waals surface area contributed by atoms with Crippen LogP contribution in [0.2, 0.25) is 0 Å². The molecular formula is C12H24N2O2. The molecule has 1 amide bonds. The maximum absolute atomic E-state index is 11.6. The van der Waals surface area contributed by atoms with Gasteiger partial charge in [-0.15, -0.1) is 0 Å². The number of carbonyl (C=O) groups is 1. The summed E-state index contributed by atoms with van der Waals surface area (Å²) in [4.78, 5) is 11.6. The Morgan fingerprint density at radius 2 is 2.25 bits per heavy atom. The van der Waals surface area contributed by atoms with Crippen molar-refractivity contribution in [2.75, 3.05) is 26.3 Å². The van der Waals surface area contributed by atoms with Crippen LogP contribution in [0.3, 0.4) is 0 Å². The summed E-state index contributed by atoms with van der Waals surface area (Å²) in [5.41, 5.74) is 0. The number of carbonyl (C=O) groups excluding carboxylic acids is 1. The summed E-state index contributed by atoms with van der Waals surface area (Å²) in [6.45, 7) is 7.51. The molecule has 0 spiro atoms. The summed E-state index contributed by atoms with van der Waals surface area (Å²) in [7, 11) is 0. The molecule has 0 aromatic heterocycles. The number of ether oxygens (including phenoxy) is 1. The van der Waals surface area contributed by atoms with Crippen LogP contribution in [0, 0.1) is 5.92 Å². The van der Waals surface area contributed by atoms with Crippen molar-refractivity contribution in [1.82, 2.24) is 10.6 Å². The highest BCUT2D eigenvalue weighted by Gasteiger charge is 2.19. The number of rotatable bonds is 6. The van der Waals surface area contributed by atoms with Gasteiger partial charge in [-0.2, -0.15) is 0 Å². The van der Waals surface area contributed by atoms with E-state index in [0.29, 0.717) is 25.0 Å². The SMILES string of the molecule is CCCOCCC(=O)NC1CNCC(C)C1. The third-order valence-corrected chi connectivity index (χ3v) is 2.76. The lowest BCUT2D eigenvalue weighted by atomic mass is 9.98. The van der Waals surface area contributed by atoms with E-state index in [4.69, 9.17) is 4.74 Å². The Morgan fingerprint density at radius 1 is 1.44 bits per heavy atom. The van der Waals surface area contributed by atoms with Crippen LogP contribution in [0.25, 0.3) is 0 Å². The van der Waals surface area contributed by atoms with Crippen molar-refractivity contribution in [3.63, 3.8) is 0 Å². The molecule has 0 aromatic carbocycles. The van der Waals surface area contributed by atoms with Gasteiger partial charge >= 0.3 is 0 Å². The van der Waals surface area contributed by atoms with Gasteiger partial charge < -0.3 is 15.4 Å². The Labute approximate surface area is 98.1 Å². The molecule has 1 rings (SSSR count). The minimum atomic E-state index is 0.108. The van der Waals surface area contributed by atoms with Crippen LogP contribution in [0.5, 0.6) is 0 Å². The third-order valence-electron chi connectivity index (χ3n) is 2.76. The van der Waals surface area contributed by atoms with E-state index in [9.17, 15) is 4.79 Å². The molecule has 0 saturated carbocycles. The van der Waals surface area contributed by atoms with E-state index in [1.165, 1.54) is 0 Å². The molecule has 1 heterocycles. The van der Waals surface area contributed by atoms with Crippen molar-refractivity contribution < 1.29 is 9.53 Å². The average Bonchev–Trinajstić information content (AvgIpc) is 2.24. The standard InChI is InChI=1S/C12H24N2O2/c1-3-5-16-6-4-12(15)14-11-7-10(2)8-13-9-11/h10-11,13H,3-9H2,1-2H3,(H,14,15). The number of nitrogens with one attached hydrogen (secondary N) is 2. The topological polar surface area (TPSA) is 50.4 Å². The molecule has 1 aliphatic rings. The molecule has 4 heteroatoms. The number of amides is 1. The smallest absolute Gasteiger partial charge is 0.222 e. The highest BCUT2D eigenvalue weighted by molar-refractivity contribution is 5.76. The Kier molecular flexibility index (Phi) is 6.42. The van der Waals surface area contributed by atoms with Crippen LogP contribution < -0.4 is 10.6 Å². The van der Waals surface area contributed by atoms with Gasteiger partial charge in [0.2, 0.25) is 5.91 Å². The van der Waals surface area contributed by atoms with Crippen LogP contribution in [-0.2, 0) is 9.53 Å². The number of hydrogen-bond donors (Lipinski definition) is 2. The van der Waals surface area contributed by atoms with Crippen LogP contribution in [0.4, 0.5) is 0 Å². The summed E-state index contributed by atoms with van der Waals surface area (Å²) < 4.78 is 5.29. The highest BCUT2D eigenvalue weighted by Crippen LogP contribution is 2.09. The summed E-state index contributed by atoms with van der Waals surface area (Å²) in [5.74, 6) is 0.757. The first kappa shape index (κ1) is 13.5. The average molecular weight is 228 g/mol. The van der Waals surface area contributed by atoms with Crippen molar-refractivity contribution in [3.8, 4) is 0 Å². The first-order valence-electron chi connectivity index (χ1n) is 6.30. The van der Waals surface area contributed by atoms with Crippen molar-refractivity contribution >= 4 is 5.91 Å². The fraction of sp³-hybridized carbons (Fsp3) is 0.917. The van der Waals surface area contributed by atoms with Gasteiger partial charge in [-0.3, -0.25) is 4.79 Å². The van der Waals surface area contributed by atoms with Crippen LogP contribution in [0.1, 0.15) is 33.1 Å². The van der Waals surface area contributed by atoms with Gasteiger partial charge in [-0.25, -0.2) is 0 Å². The Bertz CT molecular complexity index is 209. The van der Waals surface area contributed by atoms with E-state index in [-0.39, 0.29) is 5.91 Å². The van der Waals surface area contributed by atoms with E-state index in [1.807, 2.05) is 0 Å². The van der Waals surface area contributed by atoms with Gasteiger partial charge in [0.25, 0.3) is 0 Å². The molecule has 0 bridgehead atoms. The summed E-state index contributed by atoms with van der Waals surface area (Å²) >= 11 is 0. The second-order valence-electron chi connectivity index (χ2n) is 4.63. The molecule has 94 valence electrons. The zero-order chi connectivity index (χ0) is 11.8. The van der Waals surface area contributed by atoms with Crippen molar-refractivity contribution in [2.45, 2.75) is 39.2 Å². The first-order chi connectivity index (χ1) is 7.72. The van der Waals surface area contributed by atoms with Gasteiger partial charge in [-0.1, -0.05) is 13.8 Å². The summed E-state index contributed by atoms with van der Waals surface area (Å²) in [5, 5.41) is 6.37. The van der Waals surface area contributed by atoms with E-state index < -0.39 is 0 Å². The molecule has 1 fully saturated rings. The van der Waals surface area contributed by atoms with Gasteiger partial charge in [0.15, 0.2) is 0 Å². The molecule has 1 saturated heterocycles. The Balaban J connectivity index is 2.08. The third kappa shape index (κ3) is 5.47. The van der Waals surface area contributed by atoms with Gasteiger partial charge in [-0.05, 0) is 25.3 Å². The highest BCUT2D eigenvalue weighted by atomic mass is 16.5. The zero-order valence-corrected chi connectivity index (χ0v) is 10.4. The summed E-state index contributed by atoms with van der Waals surface area (Å²) in [6.07, 6.45) is 2.56. The molecule has 1 aliphatic heterocycles. The lowest BCUT2D eigenvalue weighted by Gasteiger charge is -2.28. The number of piperidine rings is 1.